The summed E-state index contributed by atoms with van der Waals surface area (Å²) < 4.78 is 26.3. The highest BCUT2D eigenvalue weighted by Gasteiger charge is 2.23. The van der Waals surface area contributed by atoms with Gasteiger partial charge in [-0.2, -0.15) is 5.10 Å². The molecule has 2 aromatic rings. The minimum Gasteiger partial charge on any atom is -0.371 e. The molecule has 1 aliphatic rings. The molecule has 0 bridgehead atoms. The molecule has 0 radical (unpaired) electrons. The number of anilines is 1. The molecule has 1 aromatic carbocycles. The Morgan fingerprint density at radius 2 is 2.23 bits per heavy atom. The number of hydrogen-bond donors (Lipinski definition) is 2. The average Bonchev–Trinajstić information content (AvgIpc) is 3.12. The lowest BCUT2D eigenvalue weighted by atomic mass is 10.1. The minimum atomic E-state index is -0.795. The molecule has 0 amide bonds. The molecule has 22 heavy (non-hydrogen) atoms. The van der Waals surface area contributed by atoms with Crippen molar-refractivity contribution in [1.29, 1.82) is 0 Å². The Labute approximate surface area is 128 Å². The van der Waals surface area contributed by atoms with Gasteiger partial charge in [-0.15, -0.1) is 0 Å². The van der Waals surface area contributed by atoms with E-state index in [2.05, 4.69) is 20.4 Å². The van der Waals surface area contributed by atoms with Crippen LogP contribution in [0.2, 0.25) is 0 Å². The second-order valence-electron chi connectivity index (χ2n) is 5.85. The molecule has 0 spiro atoms. The molecule has 1 fully saturated rings. The predicted molar refractivity (Wildman–Crippen MR) is 81.7 cm³/mol. The quantitative estimate of drug-likeness (QED) is 0.892. The summed E-state index contributed by atoms with van der Waals surface area (Å²) in [7, 11) is 0. The molecule has 1 aromatic heterocycles. The maximum atomic E-state index is 13.3. The van der Waals surface area contributed by atoms with E-state index in [1.165, 1.54) is 17.7 Å². The van der Waals surface area contributed by atoms with E-state index in [1.54, 1.807) is 6.07 Å². The van der Waals surface area contributed by atoms with Gasteiger partial charge >= 0.3 is 0 Å². The highest BCUT2D eigenvalue weighted by atomic mass is 19.2. The molecule has 4 nitrogen and oxygen atoms in total. The lowest BCUT2D eigenvalue weighted by molar-refractivity contribution is 0.507. The molecule has 0 unspecified atom stereocenters. The van der Waals surface area contributed by atoms with Gasteiger partial charge in [0.05, 0.1) is 6.20 Å². The zero-order valence-corrected chi connectivity index (χ0v) is 12.6. The Bertz CT molecular complexity index is 641. The van der Waals surface area contributed by atoms with Crippen molar-refractivity contribution in [2.75, 3.05) is 24.5 Å². The first-order valence-corrected chi connectivity index (χ1v) is 7.53. The summed E-state index contributed by atoms with van der Waals surface area (Å²) in [6.45, 7) is 5.45. The topological polar surface area (TPSA) is 44.0 Å². The highest BCUT2D eigenvalue weighted by molar-refractivity contribution is 5.47. The van der Waals surface area contributed by atoms with Crippen LogP contribution in [-0.4, -0.2) is 29.8 Å². The van der Waals surface area contributed by atoms with Crippen molar-refractivity contribution in [2.24, 2.45) is 5.92 Å². The lowest BCUT2D eigenvalue weighted by Gasteiger charge is -2.19. The van der Waals surface area contributed by atoms with E-state index in [4.69, 9.17) is 0 Å². The van der Waals surface area contributed by atoms with Crippen LogP contribution in [0.5, 0.6) is 0 Å². The Balaban J connectivity index is 1.49. The van der Waals surface area contributed by atoms with Crippen LogP contribution in [0.3, 0.4) is 0 Å². The number of aromatic amines is 1. The number of aryl methyl sites for hydroxylation is 1. The summed E-state index contributed by atoms with van der Waals surface area (Å²) >= 11 is 0. The fourth-order valence-electron chi connectivity index (χ4n) is 2.88. The molecule has 1 saturated heterocycles. The summed E-state index contributed by atoms with van der Waals surface area (Å²) in [5.74, 6) is -1.06. The van der Waals surface area contributed by atoms with Crippen molar-refractivity contribution in [3.05, 3.63) is 47.3 Å². The Morgan fingerprint density at radius 3 is 2.95 bits per heavy atom. The first-order valence-electron chi connectivity index (χ1n) is 7.53. The van der Waals surface area contributed by atoms with Gasteiger partial charge in [0, 0.05) is 49.2 Å². The molecule has 0 aliphatic carbocycles. The van der Waals surface area contributed by atoms with Gasteiger partial charge in [0.15, 0.2) is 11.6 Å². The monoisotopic (exact) mass is 306 g/mol. The van der Waals surface area contributed by atoms with E-state index in [9.17, 15) is 8.78 Å². The average molecular weight is 306 g/mol. The van der Waals surface area contributed by atoms with Crippen LogP contribution in [0, 0.1) is 24.5 Å². The van der Waals surface area contributed by atoms with Gasteiger partial charge in [-0.05, 0) is 31.4 Å². The van der Waals surface area contributed by atoms with Crippen molar-refractivity contribution >= 4 is 5.69 Å². The second-order valence-corrected chi connectivity index (χ2v) is 5.85. The summed E-state index contributed by atoms with van der Waals surface area (Å²) in [6, 6.07) is 4.11. The van der Waals surface area contributed by atoms with E-state index in [1.807, 2.05) is 13.1 Å². The van der Waals surface area contributed by atoms with Crippen LogP contribution in [0.25, 0.3) is 0 Å². The van der Waals surface area contributed by atoms with Gasteiger partial charge < -0.3 is 10.2 Å². The fourth-order valence-corrected chi connectivity index (χ4v) is 2.88. The van der Waals surface area contributed by atoms with Crippen LogP contribution in [0.4, 0.5) is 14.5 Å². The third kappa shape index (κ3) is 3.27. The number of halogens is 2. The highest BCUT2D eigenvalue weighted by Crippen LogP contribution is 2.25. The lowest BCUT2D eigenvalue weighted by Crippen LogP contribution is -2.26. The molecule has 1 aliphatic heterocycles. The number of H-pyrrole nitrogens is 1. The van der Waals surface area contributed by atoms with Gasteiger partial charge in [0.1, 0.15) is 0 Å². The van der Waals surface area contributed by atoms with Crippen LogP contribution in [-0.2, 0) is 6.54 Å². The molecule has 0 saturated carbocycles. The van der Waals surface area contributed by atoms with Gasteiger partial charge in [-0.1, -0.05) is 0 Å². The van der Waals surface area contributed by atoms with Gasteiger partial charge in [-0.3, -0.25) is 5.10 Å². The summed E-state index contributed by atoms with van der Waals surface area (Å²) in [5, 5.41) is 10.4. The maximum Gasteiger partial charge on any atom is 0.160 e. The second kappa shape index (κ2) is 6.44. The van der Waals surface area contributed by atoms with Crippen molar-refractivity contribution in [3.63, 3.8) is 0 Å². The van der Waals surface area contributed by atoms with E-state index < -0.39 is 11.6 Å². The molecule has 2 N–H and O–H groups in total. The van der Waals surface area contributed by atoms with Crippen LogP contribution in [0.15, 0.2) is 24.4 Å². The largest absolute Gasteiger partial charge is 0.371 e. The van der Waals surface area contributed by atoms with E-state index >= 15 is 0 Å². The van der Waals surface area contributed by atoms with E-state index in [0.717, 1.165) is 44.0 Å². The molecular formula is C16H20F2N4. The summed E-state index contributed by atoms with van der Waals surface area (Å²) in [5.41, 5.74) is 3.02. The Kier molecular flexibility index (Phi) is 4.38. The first kappa shape index (κ1) is 15.0. The maximum absolute atomic E-state index is 13.3. The van der Waals surface area contributed by atoms with Crippen molar-refractivity contribution in [1.82, 2.24) is 15.5 Å². The van der Waals surface area contributed by atoms with Crippen LogP contribution >= 0.6 is 0 Å². The normalized spacial score (nSPS) is 18.1. The zero-order valence-electron chi connectivity index (χ0n) is 12.6. The van der Waals surface area contributed by atoms with Crippen molar-refractivity contribution < 1.29 is 8.78 Å². The Hall–Kier alpha value is -1.95. The molecule has 3 rings (SSSR count). The number of benzene rings is 1. The SMILES string of the molecule is Cc1[nH]ncc1CNC[C@H]1CCN(c2ccc(F)c(F)c2)C1. The van der Waals surface area contributed by atoms with Gasteiger partial charge in [0.2, 0.25) is 0 Å². The third-order valence-corrected chi connectivity index (χ3v) is 4.24. The molecule has 118 valence electrons. The molecule has 1 atom stereocenters. The molecular weight excluding hydrogens is 286 g/mol. The first-order chi connectivity index (χ1) is 10.6. The van der Waals surface area contributed by atoms with Crippen LogP contribution < -0.4 is 10.2 Å². The number of hydrogen-bond acceptors (Lipinski definition) is 3. The third-order valence-electron chi connectivity index (χ3n) is 4.24. The van der Waals surface area contributed by atoms with Crippen molar-refractivity contribution in [3.8, 4) is 0 Å². The Morgan fingerprint density at radius 1 is 1.36 bits per heavy atom. The van der Waals surface area contributed by atoms with Crippen molar-refractivity contribution in [2.45, 2.75) is 19.9 Å². The smallest absolute Gasteiger partial charge is 0.160 e. The van der Waals surface area contributed by atoms with Crippen LogP contribution in [0.1, 0.15) is 17.7 Å². The number of aromatic nitrogens is 2. The fraction of sp³-hybridized carbons (Fsp3) is 0.438. The van der Waals surface area contributed by atoms with Gasteiger partial charge in [0.25, 0.3) is 0 Å². The zero-order chi connectivity index (χ0) is 15.5. The summed E-state index contributed by atoms with van der Waals surface area (Å²) in [4.78, 5) is 2.11. The number of rotatable bonds is 5. The minimum absolute atomic E-state index is 0.514. The molecule has 6 heteroatoms. The van der Waals surface area contributed by atoms with Gasteiger partial charge in [-0.25, -0.2) is 8.78 Å². The van der Waals surface area contributed by atoms with E-state index in [0.29, 0.717) is 5.92 Å². The number of nitrogens with zero attached hydrogens (tertiary/aromatic N) is 2. The molecule has 2 heterocycles. The standard InChI is InChI=1S/C16H20F2N4/c1-11-13(9-20-21-11)8-19-7-12-4-5-22(10-12)14-2-3-15(17)16(18)6-14/h2-3,6,9,12,19H,4-5,7-8,10H2,1H3,(H,20,21)/t12-/m1/s1. The summed E-state index contributed by atoms with van der Waals surface area (Å²) in [6.07, 6.45) is 2.89. The predicted octanol–water partition coefficient (Wildman–Crippen LogP) is 2.61. The number of nitrogens with one attached hydrogen (secondary N) is 2. The van der Waals surface area contributed by atoms with E-state index in [-0.39, 0.29) is 0 Å².